The van der Waals surface area contributed by atoms with E-state index in [4.69, 9.17) is 0 Å². The van der Waals surface area contributed by atoms with Crippen LogP contribution in [0.4, 0.5) is 0 Å². The average Bonchev–Trinajstić information content (AvgIpc) is 2.90. The predicted octanol–water partition coefficient (Wildman–Crippen LogP) is 1.94. The lowest BCUT2D eigenvalue weighted by atomic mass is 10.1. The summed E-state index contributed by atoms with van der Waals surface area (Å²) in [5, 5.41) is 0. The zero-order valence-corrected chi connectivity index (χ0v) is 11.7. The molecule has 0 aromatic carbocycles. The molecule has 2 rings (SSSR count). The van der Waals surface area contributed by atoms with E-state index in [1.54, 1.807) is 23.5 Å². The fourth-order valence-corrected chi connectivity index (χ4v) is 2.23. The molecule has 0 spiro atoms. The van der Waals surface area contributed by atoms with Gasteiger partial charge in [0.25, 0.3) is 0 Å². The van der Waals surface area contributed by atoms with Gasteiger partial charge in [0.2, 0.25) is 5.91 Å². The zero-order chi connectivity index (χ0) is 14.5. The minimum atomic E-state index is -0.265. The quantitative estimate of drug-likeness (QED) is 0.780. The van der Waals surface area contributed by atoms with E-state index < -0.39 is 0 Å². The Morgan fingerprint density at radius 2 is 2.35 bits per heavy atom. The zero-order valence-electron chi connectivity index (χ0n) is 11.7. The molecule has 0 aliphatic rings. The lowest BCUT2D eigenvalue weighted by Crippen LogP contribution is -2.35. The van der Waals surface area contributed by atoms with Crippen molar-refractivity contribution in [3.8, 4) is 0 Å². The van der Waals surface area contributed by atoms with Crippen molar-refractivity contribution in [2.45, 2.75) is 13.0 Å². The Morgan fingerprint density at radius 1 is 1.55 bits per heavy atom. The first-order valence-corrected chi connectivity index (χ1v) is 6.49. The highest BCUT2D eigenvalue weighted by Gasteiger charge is 2.27. The van der Waals surface area contributed by atoms with E-state index >= 15 is 0 Å². The summed E-state index contributed by atoms with van der Waals surface area (Å²) in [5.74, 6) is 0.680. The summed E-state index contributed by atoms with van der Waals surface area (Å²) in [7, 11) is 1.91. The number of aryl methyl sites for hydroxylation is 1. The van der Waals surface area contributed by atoms with Crippen LogP contribution in [0.3, 0.4) is 0 Å². The number of imidazole rings is 1. The number of carbonyl (C=O) groups is 1. The van der Waals surface area contributed by atoms with Gasteiger partial charge in [0.15, 0.2) is 0 Å². The summed E-state index contributed by atoms with van der Waals surface area (Å²) >= 11 is 0. The number of amides is 1. The van der Waals surface area contributed by atoms with Gasteiger partial charge in [0.05, 0.1) is 0 Å². The number of rotatable bonds is 5. The maximum atomic E-state index is 12.1. The van der Waals surface area contributed by atoms with Crippen LogP contribution >= 0.6 is 0 Å². The van der Waals surface area contributed by atoms with Gasteiger partial charge in [-0.15, -0.1) is 0 Å². The second-order valence-corrected chi connectivity index (χ2v) is 4.41. The first-order valence-electron chi connectivity index (χ1n) is 6.49. The van der Waals surface area contributed by atoms with Crippen LogP contribution in [0.2, 0.25) is 0 Å². The molecule has 1 amide bonds. The number of hydrogen-bond donors (Lipinski definition) is 0. The Kier molecular flexibility index (Phi) is 4.30. The highest BCUT2D eigenvalue weighted by molar-refractivity contribution is 5.87. The molecule has 104 valence electrons. The molecule has 5 heteroatoms. The van der Waals surface area contributed by atoms with E-state index in [9.17, 15) is 4.79 Å². The molecular weight excluding hydrogens is 252 g/mol. The first-order chi connectivity index (χ1) is 9.69. The lowest BCUT2D eigenvalue weighted by molar-refractivity contribution is -0.127. The van der Waals surface area contributed by atoms with Crippen LogP contribution in [0.1, 0.15) is 24.4 Å². The lowest BCUT2D eigenvalue weighted by Gasteiger charge is -2.29. The summed E-state index contributed by atoms with van der Waals surface area (Å²) in [6.45, 7) is 6.08. The fraction of sp³-hybridized carbons (Fsp3) is 0.267. The van der Waals surface area contributed by atoms with Gasteiger partial charge in [0.1, 0.15) is 11.9 Å². The van der Waals surface area contributed by atoms with Crippen LogP contribution in [0.5, 0.6) is 0 Å². The number of aromatic nitrogens is 3. The molecule has 0 saturated heterocycles. The number of likely N-dealkylation sites (N-methyl/N-ethyl adjacent to an activating group) is 1. The van der Waals surface area contributed by atoms with Crippen molar-refractivity contribution in [1.29, 1.82) is 0 Å². The predicted molar refractivity (Wildman–Crippen MR) is 76.9 cm³/mol. The van der Waals surface area contributed by atoms with Crippen molar-refractivity contribution >= 4 is 5.91 Å². The van der Waals surface area contributed by atoms with Gasteiger partial charge < -0.3 is 9.47 Å². The van der Waals surface area contributed by atoms with E-state index in [2.05, 4.69) is 16.5 Å². The van der Waals surface area contributed by atoms with Gasteiger partial charge in [-0.25, -0.2) is 4.98 Å². The van der Waals surface area contributed by atoms with Gasteiger partial charge in [-0.1, -0.05) is 12.6 Å². The second kappa shape index (κ2) is 6.14. The maximum Gasteiger partial charge on any atom is 0.246 e. The molecule has 2 aromatic heterocycles. The fourth-order valence-electron chi connectivity index (χ4n) is 2.23. The second-order valence-electron chi connectivity index (χ2n) is 4.41. The highest BCUT2D eigenvalue weighted by Crippen LogP contribution is 2.26. The third-order valence-electron chi connectivity index (χ3n) is 3.21. The molecule has 5 nitrogen and oxygen atoms in total. The summed E-state index contributed by atoms with van der Waals surface area (Å²) in [6, 6.07) is 3.54. The van der Waals surface area contributed by atoms with Gasteiger partial charge in [-0.2, -0.15) is 0 Å². The molecule has 0 N–H and O–H groups in total. The molecule has 0 radical (unpaired) electrons. The summed E-state index contributed by atoms with van der Waals surface area (Å²) in [4.78, 5) is 22.4. The van der Waals surface area contributed by atoms with Crippen molar-refractivity contribution < 1.29 is 4.79 Å². The van der Waals surface area contributed by atoms with Crippen molar-refractivity contribution in [2.75, 3.05) is 6.54 Å². The van der Waals surface area contributed by atoms with Crippen LogP contribution in [0, 0.1) is 0 Å². The summed E-state index contributed by atoms with van der Waals surface area (Å²) in [6.07, 6.45) is 8.40. The normalized spacial score (nSPS) is 11.9. The smallest absolute Gasteiger partial charge is 0.246 e. The Morgan fingerprint density at radius 3 is 2.85 bits per heavy atom. The summed E-state index contributed by atoms with van der Waals surface area (Å²) in [5.41, 5.74) is 0.929. The molecule has 0 fully saturated rings. The largest absolute Gasteiger partial charge is 0.336 e. The highest BCUT2D eigenvalue weighted by atomic mass is 16.2. The van der Waals surface area contributed by atoms with Crippen molar-refractivity contribution in [3.05, 3.63) is 61.0 Å². The molecule has 2 aromatic rings. The summed E-state index contributed by atoms with van der Waals surface area (Å²) < 4.78 is 1.91. The number of pyridine rings is 1. The molecule has 1 unspecified atom stereocenters. The van der Waals surface area contributed by atoms with E-state index in [-0.39, 0.29) is 11.9 Å². The van der Waals surface area contributed by atoms with Crippen molar-refractivity contribution in [3.63, 3.8) is 0 Å². The van der Waals surface area contributed by atoms with Crippen LogP contribution < -0.4 is 0 Å². The molecule has 0 aliphatic carbocycles. The third kappa shape index (κ3) is 2.61. The monoisotopic (exact) mass is 270 g/mol. The Bertz CT molecular complexity index is 591. The van der Waals surface area contributed by atoms with Gasteiger partial charge >= 0.3 is 0 Å². The van der Waals surface area contributed by atoms with E-state index in [1.165, 1.54) is 6.08 Å². The molecule has 0 aliphatic heterocycles. The first kappa shape index (κ1) is 14.0. The molecule has 1 atom stereocenters. The van der Waals surface area contributed by atoms with E-state index in [0.717, 1.165) is 11.4 Å². The Balaban J connectivity index is 2.52. The third-order valence-corrected chi connectivity index (χ3v) is 3.21. The van der Waals surface area contributed by atoms with Crippen LogP contribution in [-0.2, 0) is 11.8 Å². The molecular formula is C15H18N4O. The van der Waals surface area contributed by atoms with Gasteiger partial charge in [0, 0.05) is 43.9 Å². The minimum Gasteiger partial charge on any atom is -0.336 e. The topological polar surface area (TPSA) is 51.0 Å². The SMILES string of the molecule is C=CC(=O)N(CC)C(c1cccnc1)c1nccn1C. The van der Waals surface area contributed by atoms with Gasteiger partial charge in [-0.3, -0.25) is 9.78 Å². The molecule has 20 heavy (non-hydrogen) atoms. The van der Waals surface area contributed by atoms with Crippen molar-refractivity contribution in [2.24, 2.45) is 7.05 Å². The van der Waals surface area contributed by atoms with Crippen LogP contribution in [0.25, 0.3) is 0 Å². The van der Waals surface area contributed by atoms with Crippen molar-refractivity contribution in [1.82, 2.24) is 19.4 Å². The van der Waals surface area contributed by atoms with Crippen LogP contribution in [0.15, 0.2) is 49.6 Å². The number of nitrogens with zero attached hydrogens (tertiary/aromatic N) is 4. The number of carbonyl (C=O) groups excluding carboxylic acids is 1. The van der Waals surface area contributed by atoms with Crippen LogP contribution in [-0.4, -0.2) is 31.9 Å². The van der Waals surface area contributed by atoms with Gasteiger partial charge in [-0.05, 0) is 19.1 Å². The Labute approximate surface area is 118 Å². The number of hydrogen-bond acceptors (Lipinski definition) is 3. The van der Waals surface area contributed by atoms with E-state index in [1.807, 2.05) is 36.9 Å². The molecule has 0 bridgehead atoms. The maximum absolute atomic E-state index is 12.1. The average molecular weight is 270 g/mol. The molecule has 2 heterocycles. The minimum absolute atomic E-state index is 0.121. The van der Waals surface area contributed by atoms with E-state index in [0.29, 0.717) is 6.54 Å². The molecule has 0 saturated carbocycles. The Hall–Kier alpha value is -2.43. The standard InChI is InChI=1S/C15H18N4O/c1-4-13(20)19(5-2)14(12-7-6-8-16-11-12)15-17-9-10-18(15)3/h4,6-11,14H,1,5H2,2-3H3.